The van der Waals surface area contributed by atoms with Gasteiger partial charge in [-0.1, -0.05) is 41.9 Å². The summed E-state index contributed by atoms with van der Waals surface area (Å²) in [4.78, 5) is 40.2. The van der Waals surface area contributed by atoms with Crippen LogP contribution in [0, 0.1) is 6.92 Å². The molecule has 4 heterocycles. The van der Waals surface area contributed by atoms with Crippen LogP contribution in [0.4, 0.5) is 0 Å². The molecule has 37 heavy (non-hydrogen) atoms. The molecule has 1 N–H and O–H groups in total. The van der Waals surface area contributed by atoms with E-state index >= 15 is 0 Å². The van der Waals surface area contributed by atoms with Gasteiger partial charge in [0.2, 0.25) is 0 Å². The van der Waals surface area contributed by atoms with Gasteiger partial charge in [0.25, 0.3) is 11.7 Å². The lowest BCUT2D eigenvalue weighted by Crippen LogP contribution is -2.42. The maximum atomic E-state index is 13.5. The van der Waals surface area contributed by atoms with Gasteiger partial charge in [0.05, 0.1) is 41.5 Å². The van der Waals surface area contributed by atoms with E-state index in [2.05, 4.69) is 20.1 Å². The molecule has 0 radical (unpaired) electrons. The molecule has 3 aromatic heterocycles. The van der Waals surface area contributed by atoms with E-state index in [1.165, 1.54) is 18.2 Å². The maximum absolute atomic E-state index is 13.5. The number of carbonyl (C=O) groups is 2. The van der Waals surface area contributed by atoms with Gasteiger partial charge in [0, 0.05) is 24.8 Å². The highest BCUT2D eigenvalue weighted by molar-refractivity contribution is 6.45. The molecule has 10 nitrogen and oxygen atoms in total. The van der Waals surface area contributed by atoms with Crippen LogP contribution in [0.3, 0.4) is 0 Å². The minimum absolute atomic E-state index is 0.181. The van der Waals surface area contributed by atoms with Gasteiger partial charge in [-0.15, -0.1) is 0 Å². The van der Waals surface area contributed by atoms with Gasteiger partial charge < -0.3 is 19.2 Å². The van der Waals surface area contributed by atoms with Crippen LogP contribution < -0.4 is 4.74 Å². The molecule has 0 saturated heterocycles. The van der Waals surface area contributed by atoms with Crippen LogP contribution in [-0.4, -0.2) is 59.5 Å². The van der Waals surface area contributed by atoms with E-state index in [0.29, 0.717) is 52.2 Å². The number of imidazole rings is 1. The number of nitrogens with one attached hydrogen (secondary N) is 1. The first kappa shape index (κ1) is 23.0. The number of aromatic nitrogens is 6. The zero-order valence-corrected chi connectivity index (χ0v) is 20.9. The highest BCUT2D eigenvalue weighted by Crippen LogP contribution is 2.34. The molecule has 6 rings (SSSR count). The Morgan fingerprint density at radius 2 is 1.92 bits per heavy atom. The number of halogens is 1. The average molecular weight is 516 g/mol. The number of methoxy groups -OCH3 is 1. The molecule has 186 valence electrons. The minimum atomic E-state index is -0.633. The predicted octanol–water partition coefficient (Wildman–Crippen LogP) is 3.81. The number of Topliss-reactive ketones (excluding diaryl/α,β-unsaturated/α-hetero) is 1. The topological polar surface area (TPSA) is 111 Å². The molecular formula is C26H22ClN7O3. The number of nitrogens with zero attached hydrogens (tertiary/aromatic N) is 6. The number of ether oxygens (including phenoxy) is 1. The van der Waals surface area contributed by atoms with Crippen molar-refractivity contribution >= 4 is 34.2 Å². The Kier molecular flexibility index (Phi) is 5.53. The SMILES string of the molecule is COc1ccc(-n2cnc(C)n2)c2[nH]cc(C(=O)C(=O)N3CCn4c(nc(Cl)c4-c4ccccc4)C3)c12. The number of amides is 1. The molecular weight excluding hydrogens is 494 g/mol. The number of carbonyl (C=O) groups excluding carboxylic acids is 2. The van der Waals surface area contributed by atoms with Crippen molar-refractivity contribution in [3.05, 3.63) is 77.4 Å². The Morgan fingerprint density at radius 1 is 1.11 bits per heavy atom. The van der Waals surface area contributed by atoms with Crippen LogP contribution >= 0.6 is 11.6 Å². The van der Waals surface area contributed by atoms with E-state index in [0.717, 1.165) is 11.3 Å². The summed E-state index contributed by atoms with van der Waals surface area (Å²) >= 11 is 6.47. The number of aryl methyl sites for hydroxylation is 1. The van der Waals surface area contributed by atoms with E-state index in [1.807, 2.05) is 41.0 Å². The van der Waals surface area contributed by atoms with Crippen molar-refractivity contribution in [2.75, 3.05) is 13.7 Å². The van der Waals surface area contributed by atoms with Gasteiger partial charge in [-0.3, -0.25) is 9.59 Å². The number of H-pyrrole nitrogens is 1. The van der Waals surface area contributed by atoms with Crippen molar-refractivity contribution < 1.29 is 14.3 Å². The standard InChI is InChI=1S/C26H22ClN7O3/c1-15-29-14-34(31-15)18-8-9-19(37-2)21-17(12-28-22(18)21)24(35)26(36)32-10-11-33-20(13-32)30-25(27)23(33)16-6-4-3-5-7-16/h3-9,12,14,28H,10-11,13H2,1-2H3. The molecule has 0 atom stereocenters. The molecule has 1 amide bonds. The van der Waals surface area contributed by atoms with Gasteiger partial charge in [-0.25, -0.2) is 14.6 Å². The van der Waals surface area contributed by atoms with Crippen molar-refractivity contribution in [2.24, 2.45) is 0 Å². The number of rotatable bonds is 5. The summed E-state index contributed by atoms with van der Waals surface area (Å²) in [6, 6.07) is 13.3. The lowest BCUT2D eigenvalue weighted by Gasteiger charge is -2.28. The highest BCUT2D eigenvalue weighted by Gasteiger charge is 2.32. The first-order chi connectivity index (χ1) is 18.0. The molecule has 0 saturated carbocycles. The molecule has 2 aromatic carbocycles. The van der Waals surface area contributed by atoms with Crippen LogP contribution in [0.2, 0.25) is 5.15 Å². The second-order valence-corrected chi connectivity index (χ2v) is 9.07. The fourth-order valence-electron chi connectivity index (χ4n) is 4.81. The van der Waals surface area contributed by atoms with Crippen LogP contribution in [-0.2, 0) is 17.9 Å². The lowest BCUT2D eigenvalue weighted by molar-refractivity contribution is -0.127. The summed E-state index contributed by atoms with van der Waals surface area (Å²) in [6.45, 7) is 2.80. The fraction of sp³-hybridized carbons (Fsp3) is 0.192. The summed E-state index contributed by atoms with van der Waals surface area (Å²) < 4.78 is 9.15. The molecule has 5 aromatic rings. The van der Waals surface area contributed by atoms with Crippen molar-refractivity contribution in [2.45, 2.75) is 20.0 Å². The zero-order chi connectivity index (χ0) is 25.7. The summed E-state index contributed by atoms with van der Waals surface area (Å²) in [5.41, 5.74) is 3.30. The Labute approximate surface area is 216 Å². The minimum Gasteiger partial charge on any atom is -0.496 e. The number of benzene rings is 2. The number of hydrogen-bond donors (Lipinski definition) is 1. The van der Waals surface area contributed by atoms with E-state index < -0.39 is 11.7 Å². The molecule has 11 heteroatoms. The fourth-order valence-corrected chi connectivity index (χ4v) is 5.12. The molecule has 0 unspecified atom stereocenters. The number of aromatic amines is 1. The van der Waals surface area contributed by atoms with Gasteiger partial charge in [0.15, 0.2) is 5.15 Å². The maximum Gasteiger partial charge on any atom is 0.295 e. The third-order valence-electron chi connectivity index (χ3n) is 6.55. The van der Waals surface area contributed by atoms with E-state index in [4.69, 9.17) is 16.3 Å². The summed E-state index contributed by atoms with van der Waals surface area (Å²) in [5.74, 6) is 0.474. The van der Waals surface area contributed by atoms with Gasteiger partial charge in [-0.05, 0) is 19.1 Å². The monoisotopic (exact) mass is 515 g/mol. The van der Waals surface area contributed by atoms with E-state index in [-0.39, 0.29) is 12.1 Å². The first-order valence-electron chi connectivity index (χ1n) is 11.7. The average Bonchev–Trinajstić information content (AvgIpc) is 3.63. The van der Waals surface area contributed by atoms with Crippen molar-refractivity contribution in [3.8, 4) is 22.7 Å². The van der Waals surface area contributed by atoms with Crippen LogP contribution in [0.15, 0.2) is 55.0 Å². The van der Waals surface area contributed by atoms with E-state index in [1.54, 1.807) is 24.0 Å². The number of hydrogen-bond acceptors (Lipinski definition) is 6. The third-order valence-corrected chi connectivity index (χ3v) is 6.82. The van der Waals surface area contributed by atoms with Crippen LogP contribution in [0.1, 0.15) is 22.0 Å². The third kappa shape index (κ3) is 3.77. The zero-order valence-electron chi connectivity index (χ0n) is 20.1. The number of ketones is 1. The molecule has 1 aliphatic rings. The lowest BCUT2D eigenvalue weighted by atomic mass is 10.1. The van der Waals surface area contributed by atoms with Crippen molar-refractivity contribution in [3.63, 3.8) is 0 Å². The van der Waals surface area contributed by atoms with Crippen molar-refractivity contribution in [1.29, 1.82) is 0 Å². The van der Waals surface area contributed by atoms with Gasteiger partial charge >= 0.3 is 0 Å². The van der Waals surface area contributed by atoms with Crippen molar-refractivity contribution in [1.82, 2.24) is 34.2 Å². The quantitative estimate of drug-likeness (QED) is 0.281. The normalized spacial score (nSPS) is 13.1. The highest BCUT2D eigenvalue weighted by atomic mass is 35.5. The first-order valence-corrected chi connectivity index (χ1v) is 12.0. The molecule has 0 bridgehead atoms. The Hall–Kier alpha value is -4.44. The molecule has 1 aliphatic heterocycles. The molecule has 0 spiro atoms. The van der Waals surface area contributed by atoms with Gasteiger partial charge in [0.1, 0.15) is 23.7 Å². The predicted molar refractivity (Wildman–Crippen MR) is 137 cm³/mol. The van der Waals surface area contributed by atoms with Gasteiger partial charge in [-0.2, -0.15) is 5.10 Å². The molecule has 0 aliphatic carbocycles. The van der Waals surface area contributed by atoms with Crippen LogP contribution in [0.5, 0.6) is 5.75 Å². The summed E-state index contributed by atoms with van der Waals surface area (Å²) in [5, 5.41) is 5.25. The largest absolute Gasteiger partial charge is 0.496 e. The number of fused-ring (bicyclic) bond motifs is 2. The Morgan fingerprint density at radius 3 is 2.65 bits per heavy atom. The second-order valence-electron chi connectivity index (χ2n) is 8.72. The smallest absolute Gasteiger partial charge is 0.295 e. The second kappa shape index (κ2) is 8.90. The molecule has 0 fully saturated rings. The summed E-state index contributed by atoms with van der Waals surface area (Å²) in [6.07, 6.45) is 3.13. The van der Waals surface area contributed by atoms with E-state index in [9.17, 15) is 9.59 Å². The van der Waals surface area contributed by atoms with Crippen LogP contribution in [0.25, 0.3) is 27.8 Å². The Bertz CT molecular complexity index is 1670. The summed E-state index contributed by atoms with van der Waals surface area (Å²) in [7, 11) is 1.52. The Balaban J connectivity index is 1.32.